The minimum atomic E-state index is -0.553. The predicted octanol–water partition coefficient (Wildman–Crippen LogP) is 4.09. The molecule has 3 aromatic rings. The molecule has 28 heavy (non-hydrogen) atoms. The van der Waals surface area contributed by atoms with E-state index in [0.29, 0.717) is 27.8 Å². The molecular formula is C20H18BrN3O3S. The van der Waals surface area contributed by atoms with Crippen LogP contribution < -0.4 is 0 Å². The third kappa shape index (κ3) is 5.02. The molecule has 0 saturated carbocycles. The Bertz CT molecular complexity index is 974. The molecule has 0 atom stereocenters. The molecule has 0 saturated heterocycles. The van der Waals surface area contributed by atoms with Crippen LogP contribution in [-0.4, -0.2) is 40.4 Å². The largest absolute Gasteiger partial charge is 0.451 e. The number of halogens is 1. The second kappa shape index (κ2) is 9.07. The monoisotopic (exact) mass is 459 g/mol. The van der Waals surface area contributed by atoms with Crippen molar-refractivity contribution in [3.8, 4) is 10.7 Å². The number of pyridine rings is 1. The fourth-order valence-electron chi connectivity index (χ4n) is 2.44. The van der Waals surface area contributed by atoms with Gasteiger partial charge in [0, 0.05) is 24.3 Å². The first-order valence-electron chi connectivity index (χ1n) is 8.48. The number of likely N-dealkylation sites (N-methyl/N-ethyl adjacent to an activating group) is 1. The lowest BCUT2D eigenvalue weighted by molar-refractivity contribution is -0.133. The average Bonchev–Trinajstić information content (AvgIpc) is 3.10. The predicted molar refractivity (Wildman–Crippen MR) is 111 cm³/mol. The summed E-state index contributed by atoms with van der Waals surface area (Å²) in [7, 11) is 1.68. The van der Waals surface area contributed by atoms with Crippen LogP contribution in [-0.2, 0) is 16.1 Å². The SMILES string of the molecule is Cc1nc(-c2ccccn2)sc1C(=O)OCC(=O)N(C)Cc1ccc(Br)cc1. The van der Waals surface area contributed by atoms with Crippen molar-refractivity contribution >= 4 is 39.1 Å². The molecule has 0 aliphatic carbocycles. The highest BCUT2D eigenvalue weighted by Crippen LogP contribution is 2.26. The molecule has 1 aromatic carbocycles. The molecule has 0 aliphatic heterocycles. The van der Waals surface area contributed by atoms with Gasteiger partial charge in [-0.05, 0) is 36.8 Å². The molecule has 144 valence electrons. The lowest BCUT2D eigenvalue weighted by atomic mass is 10.2. The molecule has 1 amide bonds. The number of hydrogen-bond donors (Lipinski definition) is 0. The van der Waals surface area contributed by atoms with Crippen LogP contribution in [0.4, 0.5) is 0 Å². The lowest BCUT2D eigenvalue weighted by Crippen LogP contribution is -2.30. The smallest absolute Gasteiger partial charge is 0.350 e. The van der Waals surface area contributed by atoms with Crippen molar-refractivity contribution in [3.63, 3.8) is 0 Å². The number of rotatable bonds is 6. The highest BCUT2D eigenvalue weighted by Gasteiger charge is 2.20. The van der Waals surface area contributed by atoms with E-state index in [1.54, 1.807) is 20.2 Å². The Morgan fingerprint density at radius 2 is 1.93 bits per heavy atom. The van der Waals surface area contributed by atoms with Crippen molar-refractivity contribution in [1.82, 2.24) is 14.9 Å². The molecule has 0 fully saturated rings. The van der Waals surface area contributed by atoms with Crippen LogP contribution in [0, 0.1) is 6.92 Å². The van der Waals surface area contributed by atoms with Gasteiger partial charge in [0.1, 0.15) is 9.88 Å². The summed E-state index contributed by atoms with van der Waals surface area (Å²) in [4.78, 5) is 35.2. The van der Waals surface area contributed by atoms with Gasteiger partial charge in [0.15, 0.2) is 6.61 Å². The Kier molecular flexibility index (Phi) is 6.53. The maximum absolute atomic E-state index is 12.4. The third-order valence-corrected chi connectivity index (χ3v) is 5.64. The van der Waals surface area contributed by atoms with Crippen molar-refractivity contribution in [3.05, 3.63) is 69.3 Å². The van der Waals surface area contributed by atoms with Crippen molar-refractivity contribution in [2.24, 2.45) is 0 Å². The summed E-state index contributed by atoms with van der Waals surface area (Å²) in [5.41, 5.74) is 2.25. The number of esters is 1. The van der Waals surface area contributed by atoms with Crippen molar-refractivity contribution in [1.29, 1.82) is 0 Å². The zero-order chi connectivity index (χ0) is 20.1. The summed E-state index contributed by atoms with van der Waals surface area (Å²) in [5, 5.41) is 0.642. The van der Waals surface area contributed by atoms with E-state index in [4.69, 9.17) is 4.74 Å². The second-order valence-electron chi connectivity index (χ2n) is 6.10. The van der Waals surface area contributed by atoms with Crippen LogP contribution in [0.15, 0.2) is 53.1 Å². The Hall–Kier alpha value is -2.58. The van der Waals surface area contributed by atoms with Gasteiger partial charge in [0.25, 0.3) is 5.91 Å². The number of nitrogens with zero attached hydrogens (tertiary/aromatic N) is 3. The normalized spacial score (nSPS) is 10.5. The van der Waals surface area contributed by atoms with Gasteiger partial charge in [-0.1, -0.05) is 34.1 Å². The Morgan fingerprint density at radius 3 is 2.61 bits per heavy atom. The van der Waals surface area contributed by atoms with E-state index < -0.39 is 5.97 Å². The highest BCUT2D eigenvalue weighted by atomic mass is 79.9. The van der Waals surface area contributed by atoms with E-state index in [0.717, 1.165) is 10.0 Å². The summed E-state index contributed by atoms with van der Waals surface area (Å²) in [6, 6.07) is 13.2. The third-order valence-electron chi connectivity index (χ3n) is 3.95. The van der Waals surface area contributed by atoms with Crippen molar-refractivity contribution in [2.75, 3.05) is 13.7 Å². The maximum atomic E-state index is 12.4. The molecule has 2 heterocycles. The van der Waals surface area contributed by atoms with Gasteiger partial charge >= 0.3 is 5.97 Å². The van der Waals surface area contributed by atoms with E-state index in [2.05, 4.69) is 25.9 Å². The van der Waals surface area contributed by atoms with Gasteiger partial charge in [0.05, 0.1) is 11.4 Å². The quantitative estimate of drug-likeness (QED) is 0.519. The molecule has 0 N–H and O–H groups in total. The number of hydrogen-bond acceptors (Lipinski definition) is 6. The first-order chi connectivity index (χ1) is 13.4. The zero-order valence-electron chi connectivity index (χ0n) is 15.4. The standard InChI is InChI=1S/C20H18BrN3O3S/c1-13-18(28-19(23-13)16-5-3-4-10-22-16)20(26)27-12-17(25)24(2)11-14-6-8-15(21)9-7-14/h3-10H,11-12H2,1-2H3. The van der Waals surface area contributed by atoms with E-state index in [1.165, 1.54) is 16.2 Å². The molecule has 2 aromatic heterocycles. The minimum Gasteiger partial charge on any atom is -0.451 e. The van der Waals surface area contributed by atoms with E-state index in [-0.39, 0.29) is 12.5 Å². The van der Waals surface area contributed by atoms with Gasteiger partial charge in [-0.15, -0.1) is 11.3 Å². The fraction of sp³-hybridized carbons (Fsp3) is 0.200. The topological polar surface area (TPSA) is 72.4 Å². The number of carbonyl (C=O) groups excluding carboxylic acids is 2. The first kappa shape index (κ1) is 20.2. The Morgan fingerprint density at radius 1 is 1.18 bits per heavy atom. The number of amides is 1. The number of aryl methyl sites for hydroxylation is 1. The van der Waals surface area contributed by atoms with Crippen LogP contribution in [0.5, 0.6) is 0 Å². The number of aromatic nitrogens is 2. The molecule has 0 bridgehead atoms. The summed E-state index contributed by atoms with van der Waals surface area (Å²) in [5.74, 6) is -0.828. The number of ether oxygens (including phenoxy) is 1. The Balaban J connectivity index is 1.58. The van der Waals surface area contributed by atoms with Gasteiger partial charge in [-0.3, -0.25) is 9.78 Å². The van der Waals surface area contributed by atoms with Gasteiger partial charge in [-0.25, -0.2) is 9.78 Å². The summed E-state index contributed by atoms with van der Waals surface area (Å²) in [6.07, 6.45) is 1.67. The molecule has 0 spiro atoms. The summed E-state index contributed by atoms with van der Waals surface area (Å²) < 4.78 is 6.19. The molecule has 6 nitrogen and oxygen atoms in total. The molecule has 8 heteroatoms. The molecule has 3 rings (SSSR count). The van der Waals surface area contributed by atoms with Gasteiger partial charge < -0.3 is 9.64 Å². The van der Waals surface area contributed by atoms with Gasteiger partial charge in [-0.2, -0.15) is 0 Å². The maximum Gasteiger partial charge on any atom is 0.350 e. The zero-order valence-corrected chi connectivity index (χ0v) is 17.8. The van der Waals surface area contributed by atoms with Crippen LogP contribution in [0.25, 0.3) is 10.7 Å². The van der Waals surface area contributed by atoms with Crippen molar-refractivity contribution in [2.45, 2.75) is 13.5 Å². The fourth-order valence-corrected chi connectivity index (χ4v) is 3.64. The van der Waals surface area contributed by atoms with Crippen LogP contribution >= 0.6 is 27.3 Å². The summed E-state index contributed by atoms with van der Waals surface area (Å²) >= 11 is 4.59. The lowest BCUT2D eigenvalue weighted by Gasteiger charge is -2.17. The van der Waals surface area contributed by atoms with Crippen LogP contribution in [0.1, 0.15) is 20.9 Å². The number of benzene rings is 1. The van der Waals surface area contributed by atoms with Crippen LogP contribution in [0.3, 0.4) is 0 Å². The number of thiazole rings is 1. The van der Waals surface area contributed by atoms with E-state index >= 15 is 0 Å². The minimum absolute atomic E-state index is 0.275. The van der Waals surface area contributed by atoms with Crippen LogP contribution in [0.2, 0.25) is 0 Å². The molecular weight excluding hydrogens is 442 g/mol. The molecule has 0 aliphatic rings. The molecule has 0 unspecified atom stereocenters. The average molecular weight is 460 g/mol. The first-order valence-corrected chi connectivity index (χ1v) is 10.1. The van der Waals surface area contributed by atoms with E-state index in [9.17, 15) is 9.59 Å². The highest BCUT2D eigenvalue weighted by molar-refractivity contribution is 9.10. The van der Waals surface area contributed by atoms with Gasteiger partial charge in [0.2, 0.25) is 0 Å². The number of carbonyl (C=O) groups is 2. The van der Waals surface area contributed by atoms with Crippen molar-refractivity contribution < 1.29 is 14.3 Å². The second-order valence-corrected chi connectivity index (χ2v) is 8.02. The molecule has 0 radical (unpaired) electrons. The Labute approximate surface area is 175 Å². The summed E-state index contributed by atoms with van der Waals surface area (Å²) in [6.45, 7) is 1.86. The van der Waals surface area contributed by atoms with E-state index in [1.807, 2.05) is 42.5 Å².